The fraction of sp³-hybridized carbons (Fsp3) is 1.00. The maximum atomic E-state index is 9.33. The van der Waals surface area contributed by atoms with E-state index in [1.54, 1.807) is 0 Å². The van der Waals surface area contributed by atoms with Crippen LogP contribution < -0.4 is 0 Å². The van der Waals surface area contributed by atoms with Crippen molar-refractivity contribution in [2.45, 2.75) is 244 Å². The zero-order valence-corrected chi connectivity index (χ0v) is 29.5. The standard InChI is InChI=1S/C40H82O3/c41-38-36-34-32-30-28-26-24-22-20-18-16-14-12-10-8-6-4-2-1-3-5-7-9-11-13-15-17-19-21-23-25-27-29-31-33-35-37-40(43)39-42/h40-43H,1-39H2. The first-order chi connectivity index (χ1) is 21.3. The molecule has 3 heteroatoms. The molecule has 3 nitrogen and oxygen atoms in total. The largest absolute Gasteiger partial charge is 0.396 e. The van der Waals surface area contributed by atoms with Gasteiger partial charge in [-0.15, -0.1) is 0 Å². The van der Waals surface area contributed by atoms with Crippen molar-refractivity contribution in [3.8, 4) is 0 Å². The van der Waals surface area contributed by atoms with E-state index >= 15 is 0 Å². The first kappa shape index (κ1) is 42.9. The third kappa shape index (κ3) is 39.9. The molecule has 1 unspecified atom stereocenters. The Kier molecular flexibility index (Phi) is 39.8. The van der Waals surface area contributed by atoms with Crippen molar-refractivity contribution in [1.82, 2.24) is 0 Å². The third-order valence-corrected chi connectivity index (χ3v) is 9.66. The molecule has 1 atom stereocenters. The lowest BCUT2D eigenvalue weighted by molar-refractivity contribution is 0.0860. The topological polar surface area (TPSA) is 60.7 Å². The van der Waals surface area contributed by atoms with E-state index in [1.165, 1.54) is 218 Å². The second kappa shape index (κ2) is 39.9. The van der Waals surface area contributed by atoms with Gasteiger partial charge in [0.2, 0.25) is 0 Å². The third-order valence-electron chi connectivity index (χ3n) is 9.66. The lowest BCUT2D eigenvalue weighted by Gasteiger charge is -2.06. The summed E-state index contributed by atoms with van der Waals surface area (Å²) < 4.78 is 0. The highest BCUT2D eigenvalue weighted by molar-refractivity contribution is 4.55. The minimum absolute atomic E-state index is 0.0860. The van der Waals surface area contributed by atoms with E-state index in [0.29, 0.717) is 6.61 Å². The Hall–Kier alpha value is -0.120. The van der Waals surface area contributed by atoms with Crippen molar-refractivity contribution in [3.05, 3.63) is 0 Å². The van der Waals surface area contributed by atoms with Gasteiger partial charge in [0.05, 0.1) is 12.7 Å². The molecular formula is C40H82O3. The molecule has 0 spiro atoms. The van der Waals surface area contributed by atoms with E-state index in [1.807, 2.05) is 0 Å². The zero-order chi connectivity index (χ0) is 31.2. The Morgan fingerprint density at radius 3 is 0.558 bits per heavy atom. The lowest BCUT2D eigenvalue weighted by atomic mass is 10.0. The molecule has 0 amide bonds. The molecule has 0 aromatic carbocycles. The highest BCUT2D eigenvalue weighted by atomic mass is 16.3. The minimum Gasteiger partial charge on any atom is -0.396 e. The van der Waals surface area contributed by atoms with Gasteiger partial charge in [0.1, 0.15) is 0 Å². The van der Waals surface area contributed by atoms with Crippen molar-refractivity contribution >= 4 is 0 Å². The molecule has 0 aliphatic heterocycles. The van der Waals surface area contributed by atoms with Gasteiger partial charge >= 0.3 is 0 Å². The molecular weight excluding hydrogens is 528 g/mol. The molecule has 0 bridgehead atoms. The molecule has 0 radical (unpaired) electrons. The molecule has 0 aromatic rings. The summed E-state index contributed by atoms with van der Waals surface area (Å²) in [6.07, 6.45) is 50.6. The van der Waals surface area contributed by atoms with Gasteiger partial charge in [-0.2, -0.15) is 0 Å². The van der Waals surface area contributed by atoms with E-state index in [4.69, 9.17) is 10.2 Å². The van der Waals surface area contributed by atoms with Gasteiger partial charge in [-0.05, 0) is 12.8 Å². The fourth-order valence-corrected chi connectivity index (χ4v) is 6.59. The van der Waals surface area contributed by atoms with Crippen LogP contribution in [-0.4, -0.2) is 34.6 Å². The van der Waals surface area contributed by atoms with Crippen LogP contribution in [0.5, 0.6) is 0 Å². The maximum absolute atomic E-state index is 9.33. The van der Waals surface area contributed by atoms with Crippen molar-refractivity contribution in [2.75, 3.05) is 13.2 Å². The molecule has 0 heterocycles. The highest BCUT2D eigenvalue weighted by Crippen LogP contribution is 2.17. The Labute approximate surface area is 271 Å². The monoisotopic (exact) mass is 611 g/mol. The molecule has 0 aromatic heterocycles. The predicted molar refractivity (Wildman–Crippen MR) is 191 cm³/mol. The summed E-state index contributed by atoms with van der Waals surface area (Å²) in [4.78, 5) is 0. The molecule has 43 heavy (non-hydrogen) atoms. The Bertz CT molecular complexity index is 469. The number of aliphatic hydroxyl groups is 3. The van der Waals surface area contributed by atoms with Gasteiger partial charge in [0, 0.05) is 6.61 Å². The van der Waals surface area contributed by atoms with Gasteiger partial charge < -0.3 is 15.3 Å². The van der Waals surface area contributed by atoms with Crippen molar-refractivity contribution in [3.63, 3.8) is 0 Å². The smallest absolute Gasteiger partial charge is 0.0770 e. The first-order valence-electron chi connectivity index (χ1n) is 20.2. The van der Waals surface area contributed by atoms with Crippen LogP contribution >= 0.6 is 0 Å². The summed E-state index contributed by atoms with van der Waals surface area (Å²) >= 11 is 0. The van der Waals surface area contributed by atoms with Crippen molar-refractivity contribution in [1.29, 1.82) is 0 Å². The van der Waals surface area contributed by atoms with Crippen molar-refractivity contribution < 1.29 is 15.3 Å². The second-order valence-electron chi connectivity index (χ2n) is 14.1. The zero-order valence-electron chi connectivity index (χ0n) is 29.5. The van der Waals surface area contributed by atoms with E-state index in [9.17, 15) is 5.11 Å². The van der Waals surface area contributed by atoms with Crippen molar-refractivity contribution in [2.24, 2.45) is 0 Å². The van der Waals surface area contributed by atoms with E-state index in [0.717, 1.165) is 19.3 Å². The van der Waals surface area contributed by atoms with Crippen LogP contribution in [0, 0.1) is 0 Å². The predicted octanol–water partition coefficient (Wildman–Crippen LogP) is 12.8. The highest BCUT2D eigenvalue weighted by Gasteiger charge is 2.01. The summed E-state index contributed by atoms with van der Waals surface area (Å²) in [7, 11) is 0. The Morgan fingerprint density at radius 1 is 0.233 bits per heavy atom. The van der Waals surface area contributed by atoms with Crippen LogP contribution in [0.3, 0.4) is 0 Å². The molecule has 260 valence electrons. The minimum atomic E-state index is -0.500. The number of rotatable bonds is 39. The number of aliphatic hydroxyl groups excluding tert-OH is 3. The van der Waals surface area contributed by atoms with Crippen LogP contribution in [0.1, 0.15) is 238 Å². The van der Waals surface area contributed by atoms with E-state index in [2.05, 4.69) is 0 Å². The molecule has 0 saturated heterocycles. The summed E-state index contributed by atoms with van der Waals surface area (Å²) in [5, 5.41) is 26.9. The van der Waals surface area contributed by atoms with Gasteiger partial charge in [-0.1, -0.05) is 225 Å². The van der Waals surface area contributed by atoms with E-state index in [-0.39, 0.29) is 6.61 Å². The van der Waals surface area contributed by atoms with Gasteiger partial charge in [0.25, 0.3) is 0 Å². The normalized spacial score (nSPS) is 12.3. The SMILES string of the molecule is OCCCCCCCCCCCCCCCCCCCCCCCCCCCCCCCCCCCCCCC(O)CO. The molecule has 3 N–H and O–H groups in total. The Balaban J connectivity index is 3.04. The Morgan fingerprint density at radius 2 is 0.395 bits per heavy atom. The van der Waals surface area contributed by atoms with Crippen LogP contribution in [0.15, 0.2) is 0 Å². The van der Waals surface area contributed by atoms with Crippen LogP contribution in [-0.2, 0) is 0 Å². The lowest BCUT2D eigenvalue weighted by Crippen LogP contribution is -2.10. The van der Waals surface area contributed by atoms with Crippen LogP contribution in [0.4, 0.5) is 0 Å². The van der Waals surface area contributed by atoms with Gasteiger partial charge in [0.15, 0.2) is 0 Å². The number of unbranched alkanes of at least 4 members (excludes halogenated alkanes) is 35. The molecule has 0 saturated carbocycles. The fourth-order valence-electron chi connectivity index (χ4n) is 6.59. The molecule has 0 aliphatic rings. The second-order valence-corrected chi connectivity index (χ2v) is 14.1. The molecule has 0 aliphatic carbocycles. The average molecular weight is 611 g/mol. The summed E-state index contributed by atoms with van der Waals surface area (Å²) in [6.45, 7) is 0.284. The maximum Gasteiger partial charge on any atom is 0.0770 e. The number of hydrogen-bond acceptors (Lipinski definition) is 3. The van der Waals surface area contributed by atoms with Crippen LogP contribution in [0.25, 0.3) is 0 Å². The van der Waals surface area contributed by atoms with Crippen LogP contribution in [0.2, 0.25) is 0 Å². The number of hydrogen-bond donors (Lipinski definition) is 3. The van der Waals surface area contributed by atoms with Gasteiger partial charge in [-0.3, -0.25) is 0 Å². The van der Waals surface area contributed by atoms with Gasteiger partial charge in [-0.25, -0.2) is 0 Å². The van der Waals surface area contributed by atoms with E-state index < -0.39 is 6.10 Å². The summed E-state index contributed by atoms with van der Waals surface area (Å²) in [5.74, 6) is 0. The molecule has 0 fully saturated rings. The summed E-state index contributed by atoms with van der Waals surface area (Å²) in [5.41, 5.74) is 0. The molecule has 0 rings (SSSR count). The average Bonchev–Trinajstić information content (AvgIpc) is 3.02. The quantitative estimate of drug-likeness (QED) is 0.0607. The first-order valence-corrected chi connectivity index (χ1v) is 20.2. The summed E-state index contributed by atoms with van der Waals surface area (Å²) in [6, 6.07) is 0.